The second-order valence-corrected chi connectivity index (χ2v) is 7.25. The molecule has 1 aliphatic heterocycles. The molecular formula is C25H25NO3. The van der Waals surface area contributed by atoms with Crippen molar-refractivity contribution < 1.29 is 14.2 Å². The molecule has 4 rings (SSSR count). The lowest BCUT2D eigenvalue weighted by atomic mass is 9.81. The molecule has 0 aliphatic carbocycles. The molecule has 1 unspecified atom stereocenters. The molecule has 3 aromatic carbocycles. The Balaban J connectivity index is 1.86. The first-order chi connectivity index (χ1) is 14.1. The van der Waals surface area contributed by atoms with Gasteiger partial charge in [0.25, 0.3) is 0 Å². The zero-order valence-electron chi connectivity index (χ0n) is 17.2. The van der Waals surface area contributed by atoms with Gasteiger partial charge < -0.3 is 19.5 Å². The number of anilines is 1. The molecule has 0 bridgehead atoms. The summed E-state index contributed by atoms with van der Waals surface area (Å²) in [6, 6.07) is 22.5. The summed E-state index contributed by atoms with van der Waals surface area (Å²) in [7, 11) is 5.05. The fourth-order valence-electron chi connectivity index (χ4n) is 3.77. The van der Waals surface area contributed by atoms with E-state index >= 15 is 0 Å². The van der Waals surface area contributed by atoms with Gasteiger partial charge in [-0.2, -0.15) is 0 Å². The number of methoxy groups -OCH3 is 3. The van der Waals surface area contributed by atoms with E-state index in [1.54, 1.807) is 21.3 Å². The van der Waals surface area contributed by atoms with E-state index in [9.17, 15) is 0 Å². The van der Waals surface area contributed by atoms with Crippen LogP contribution in [-0.2, 0) is 5.54 Å². The maximum atomic E-state index is 5.46. The van der Waals surface area contributed by atoms with Gasteiger partial charge in [-0.3, -0.25) is 0 Å². The van der Waals surface area contributed by atoms with E-state index in [1.165, 1.54) is 5.57 Å². The van der Waals surface area contributed by atoms with Crippen molar-refractivity contribution >= 4 is 11.3 Å². The lowest BCUT2D eigenvalue weighted by Gasteiger charge is -2.36. The van der Waals surface area contributed by atoms with Crippen LogP contribution in [0, 0.1) is 0 Å². The third-order valence-electron chi connectivity index (χ3n) is 5.43. The van der Waals surface area contributed by atoms with Crippen LogP contribution in [0.4, 0.5) is 5.69 Å². The number of rotatable bonds is 5. The molecule has 1 aliphatic rings. The monoisotopic (exact) mass is 387 g/mol. The molecule has 0 aromatic heterocycles. The van der Waals surface area contributed by atoms with Crippen LogP contribution in [0.3, 0.4) is 0 Å². The van der Waals surface area contributed by atoms with Crippen molar-refractivity contribution in [3.63, 3.8) is 0 Å². The standard InChI is InChI=1S/C25H25NO3/c1-25(18-7-11-20(28-3)12-8-18)16-23(17-5-9-19(27-2)10-6-17)22-14-13-21(29-4)15-24(22)26-25/h5-16,26H,1-4H3. The fraction of sp³-hybridized carbons (Fsp3) is 0.200. The van der Waals surface area contributed by atoms with E-state index < -0.39 is 0 Å². The van der Waals surface area contributed by atoms with E-state index in [0.29, 0.717) is 0 Å². The van der Waals surface area contributed by atoms with Gasteiger partial charge >= 0.3 is 0 Å². The van der Waals surface area contributed by atoms with Gasteiger partial charge in [0.05, 0.1) is 26.9 Å². The molecule has 0 amide bonds. The highest BCUT2D eigenvalue weighted by Crippen LogP contribution is 2.43. The lowest BCUT2D eigenvalue weighted by molar-refractivity contribution is 0.414. The van der Waals surface area contributed by atoms with Gasteiger partial charge in [0.15, 0.2) is 0 Å². The molecule has 4 heteroatoms. The van der Waals surface area contributed by atoms with Crippen molar-refractivity contribution in [1.29, 1.82) is 0 Å². The minimum absolute atomic E-state index is 0.388. The predicted molar refractivity (Wildman–Crippen MR) is 117 cm³/mol. The van der Waals surface area contributed by atoms with Crippen molar-refractivity contribution in [2.45, 2.75) is 12.5 Å². The van der Waals surface area contributed by atoms with Crippen molar-refractivity contribution in [3.05, 3.63) is 89.5 Å². The van der Waals surface area contributed by atoms with E-state index in [0.717, 1.165) is 39.6 Å². The molecule has 3 aromatic rings. The van der Waals surface area contributed by atoms with Gasteiger partial charge in [-0.15, -0.1) is 0 Å². The maximum absolute atomic E-state index is 5.46. The van der Waals surface area contributed by atoms with Gasteiger partial charge in [-0.1, -0.05) is 24.3 Å². The quantitative estimate of drug-likeness (QED) is 0.629. The SMILES string of the molecule is COc1ccc(C2=CC(C)(c3ccc(OC)cc3)Nc3cc(OC)ccc32)cc1. The second kappa shape index (κ2) is 7.55. The molecule has 1 N–H and O–H groups in total. The van der Waals surface area contributed by atoms with Crippen LogP contribution < -0.4 is 19.5 Å². The van der Waals surface area contributed by atoms with Crippen molar-refractivity contribution in [2.75, 3.05) is 26.6 Å². The first-order valence-electron chi connectivity index (χ1n) is 9.55. The third-order valence-corrected chi connectivity index (χ3v) is 5.43. The highest BCUT2D eigenvalue weighted by atomic mass is 16.5. The number of nitrogens with one attached hydrogen (secondary N) is 1. The molecule has 29 heavy (non-hydrogen) atoms. The largest absolute Gasteiger partial charge is 0.497 e. The number of hydrogen-bond acceptors (Lipinski definition) is 4. The predicted octanol–water partition coefficient (Wildman–Crippen LogP) is 5.49. The summed E-state index contributed by atoms with van der Waals surface area (Å²) in [6.45, 7) is 2.18. The first-order valence-corrected chi connectivity index (χ1v) is 9.55. The molecule has 0 fully saturated rings. The van der Waals surface area contributed by atoms with Crippen molar-refractivity contribution in [1.82, 2.24) is 0 Å². The van der Waals surface area contributed by atoms with E-state index in [4.69, 9.17) is 14.2 Å². The Hall–Kier alpha value is -3.40. The molecule has 1 heterocycles. The van der Waals surface area contributed by atoms with Gasteiger partial charge in [-0.05, 0) is 66.1 Å². The van der Waals surface area contributed by atoms with Crippen LogP contribution in [0.5, 0.6) is 17.2 Å². The average molecular weight is 387 g/mol. The van der Waals surface area contributed by atoms with Crippen molar-refractivity contribution in [2.24, 2.45) is 0 Å². The maximum Gasteiger partial charge on any atom is 0.120 e. The zero-order valence-corrected chi connectivity index (χ0v) is 17.2. The molecular weight excluding hydrogens is 362 g/mol. The summed E-state index contributed by atoms with van der Waals surface area (Å²) >= 11 is 0. The second-order valence-electron chi connectivity index (χ2n) is 7.25. The van der Waals surface area contributed by atoms with Gasteiger partial charge in [-0.25, -0.2) is 0 Å². The lowest BCUT2D eigenvalue weighted by Crippen LogP contribution is -2.33. The minimum Gasteiger partial charge on any atom is -0.497 e. The summed E-state index contributed by atoms with van der Waals surface area (Å²) < 4.78 is 16.1. The van der Waals surface area contributed by atoms with Gasteiger partial charge in [0.2, 0.25) is 0 Å². The number of hydrogen-bond donors (Lipinski definition) is 1. The first kappa shape index (κ1) is 18.9. The van der Waals surface area contributed by atoms with Crippen LogP contribution in [0.2, 0.25) is 0 Å². The molecule has 4 nitrogen and oxygen atoms in total. The Kier molecular flexibility index (Phi) is 4.93. The molecule has 0 saturated carbocycles. The topological polar surface area (TPSA) is 39.7 Å². The molecule has 0 radical (unpaired) electrons. The Morgan fingerprint density at radius 2 is 1.24 bits per heavy atom. The molecule has 1 atom stereocenters. The Morgan fingerprint density at radius 3 is 1.83 bits per heavy atom. The normalized spacial score (nSPS) is 17.6. The molecule has 0 spiro atoms. The smallest absolute Gasteiger partial charge is 0.120 e. The fourth-order valence-corrected chi connectivity index (χ4v) is 3.77. The van der Waals surface area contributed by atoms with Gasteiger partial charge in [0, 0.05) is 17.3 Å². The summed E-state index contributed by atoms with van der Waals surface area (Å²) in [6.07, 6.45) is 2.28. The van der Waals surface area contributed by atoms with E-state index in [1.807, 2.05) is 36.4 Å². The van der Waals surface area contributed by atoms with E-state index in [2.05, 4.69) is 48.6 Å². The van der Waals surface area contributed by atoms with Crippen molar-refractivity contribution in [3.8, 4) is 17.2 Å². The Morgan fingerprint density at radius 1 is 0.690 bits per heavy atom. The molecule has 148 valence electrons. The minimum atomic E-state index is -0.388. The van der Waals surface area contributed by atoms with Crippen LogP contribution in [0.1, 0.15) is 23.6 Å². The van der Waals surface area contributed by atoms with Crippen LogP contribution in [-0.4, -0.2) is 21.3 Å². The van der Waals surface area contributed by atoms with Crippen LogP contribution in [0.15, 0.2) is 72.8 Å². The highest BCUT2D eigenvalue weighted by Gasteiger charge is 2.31. The third kappa shape index (κ3) is 3.54. The number of benzene rings is 3. The summed E-state index contributed by atoms with van der Waals surface area (Å²) in [4.78, 5) is 0. The summed E-state index contributed by atoms with van der Waals surface area (Å²) in [5, 5.41) is 3.70. The van der Waals surface area contributed by atoms with Crippen LogP contribution >= 0.6 is 0 Å². The zero-order chi connectivity index (χ0) is 20.4. The van der Waals surface area contributed by atoms with Gasteiger partial charge in [0.1, 0.15) is 17.2 Å². The Bertz CT molecular complexity index is 1040. The number of ether oxygens (including phenoxy) is 3. The van der Waals surface area contributed by atoms with Crippen LogP contribution in [0.25, 0.3) is 5.57 Å². The molecule has 0 saturated heterocycles. The number of fused-ring (bicyclic) bond motifs is 1. The summed E-state index contributed by atoms with van der Waals surface area (Å²) in [5.41, 5.74) is 5.25. The summed E-state index contributed by atoms with van der Waals surface area (Å²) in [5.74, 6) is 2.51. The highest BCUT2D eigenvalue weighted by molar-refractivity contribution is 5.90. The average Bonchev–Trinajstić information content (AvgIpc) is 2.78. The Labute approximate surface area is 171 Å². The van der Waals surface area contributed by atoms with E-state index in [-0.39, 0.29) is 5.54 Å².